The predicted octanol–water partition coefficient (Wildman–Crippen LogP) is 2.15. The Morgan fingerprint density at radius 2 is 2.00 bits per heavy atom. The van der Waals surface area contributed by atoms with Gasteiger partial charge in [-0.2, -0.15) is 4.99 Å². The number of nitrogens with zero attached hydrogens (tertiary/aromatic N) is 2. The SMILES string of the molecule is COc1ccc(C=C2C(=N)N3OC(C)=CC3=NC2=O)cc1OC. The van der Waals surface area contributed by atoms with Gasteiger partial charge in [0.15, 0.2) is 23.2 Å². The molecule has 0 unspecified atom stereocenters. The summed E-state index contributed by atoms with van der Waals surface area (Å²) >= 11 is 0. The summed E-state index contributed by atoms with van der Waals surface area (Å²) in [5, 5.41) is 9.39. The molecular weight excluding hydrogens is 298 g/mol. The molecule has 0 atom stereocenters. The van der Waals surface area contributed by atoms with Gasteiger partial charge in [0.05, 0.1) is 19.8 Å². The summed E-state index contributed by atoms with van der Waals surface area (Å²) < 4.78 is 10.4. The normalized spacial score (nSPS) is 18.4. The number of hydrogen-bond acceptors (Lipinski definition) is 5. The molecule has 0 aromatic heterocycles. The molecule has 2 aliphatic heterocycles. The number of amides is 1. The van der Waals surface area contributed by atoms with E-state index in [2.05, 4.69) is 4.99 Å². The second-order valence-electron chi connectivity index (χ2n) is 4.94. The number of allylic oxidation sites excluding steroid dienone is 1. The average Bonchev–Trinajstić information content (AvgIpc) is 2.91. The van der Waals surface area contributed by atoms with Crippen LogP contribution in [0.1, 0.15) is 12.5 Å². The lowest BCUT2D eigenvalue weighted by molar-refractivity contribution is -0.114. The monoisotopic (exact) mass is 313 g/mol. The molecule has 0 fully saturated rings. The molecule has 2 aliphatic rings. The first-order chi connectivity index (χ1) is 11.0. The van der Waals surface area contributed by atoms with Crippen molar-refractivity contribution in [2.75, 3.05) is 14.2 Å². The third-order valence-electron chi connectivity index (χ3n) is 3.40. The number of ether oxygens (including phenoxy) is 2. The van der Waals surface area contributed by atoms with E-state index < -0.39 is 5.91 Å². The van der Waals surface area contributed by atoms with Crippen molar-refractivity contribution in [2.24, 2.45) is 4.99 Å². The number of benzene rings is 1. The standard InChI is InChI=1S/C16H15N3O4/c1-9-6-14-18-16(20)11(15(17)19(14)23-9)7-10-4-5-12(21-2)13(8-10)22-3/h4-8,17H,1-3H3. The lowest BCUT2D eigenvalue weighted by Gasteiger charge is -2.23. The Hall–Kier alpha value is -3.09. The number of hydrogen-bond donors (Lipinski definition) is 1. The zero-order chi connectivity index (χ0) is 16.6. The van der Waals surface area contributed by atoms with Crippen LogP contribution >= 0.6 is 0 Å². The second kappa shape index (κ2) is 5.60. The van der Waals surface area contributed by atoms with Crippen LogP contribution in [0.15, 0.2) is 40.6 Å². The van der Waals surface area contributed by atoms with Gasteiger partial charge in [-0.1, -0.05) is 6.07 Å². The minimum absolute atomic E-state index is 0.0529. The Bertz CT molecular complexity index is 793. The maximum Gasteiger partial charge on any atom is 0.282 e. The van der Waals surface area contributed by atoms with Crippen LogP contribution in [0, 0.1) is 5.41 Å². The third-order valence-corrected chi connectivity index (χ3v) is 3.40. The molecule has 1 aromatic carbocycles. The van der Waals surface area contributed by atoms with Crippen molar-refractivity contribution >= 4 is 23.7 Å². The first-order valence-electron chi connectivity index (χ1n) is 6.85. The van der Waals surface area contributed by atoms with E-state index in [1.165, 1.54) is 12.2 Å². The molecule has 0 aliphatic carbocycles. The Morgan fingerprint density at radius 1 is 1.26 bits per heavy atom. The van der Waals surface area contributed by atoms with Crippen molar-refractivity contribution in [3.63, 3.8) is 0 Å². The summed E-state index contributed by atoms with van der Waals surface area (Å²) in [6.07, 6.45) is 3.18. The van der Waals surface area contributed by atoms with E-state index in [-0.39, 0.29) is 11.4 Å². The van der Waals surface area contributed by atoms with Crippen LogP contribution in [-0.4, -0.2) is 36.9 Å². The quantitative estimate of drug-likeness (QED) is 0.864. The fraction of sp³-hybridized carbons (Fsp3) is 0.188. The van der Waals surface area contributed by atoms with Crippen LogP contribution in [0.4, 0.5) is 0 Å². The average molecular weight is 313 g/mol. The van der Waals surface area contributed by atoms with Crippen molar-refractivity contribution in [2.45, 2.75) is 6.92 Å². The van der Waals surface area contributed by atoms with Crippen molar-refractivity contribution in [1.29, 1.82) is 5.41 Å². The maximum absolute atomic E-state index is 12.2. The molecule has 7 heteroatoms. The molecule has 0 bridgehead atoms. The number of amidine groups is 2. The van der Waals surface area contributed by atoms with Crippen LogP contribution in [0.3, 0.4) is 0 Å². The maximum atomic E-state index is 12.2. The minimum atomic E-state index is -0.481. The van der Waals surface area contributed by atoms with Gasteiger partial charge in [-0.15, -0.1) is 5.06 Å². The van der Waals surface area contributed by atoms with Crippen LogP contribution in [0.2, 0.25) is 0 Å². The molecule has 1 amide bonds. The molecule has 23 heavy (non-hydrogen) atoms. The molecule has 1 N–H and O–H groups in total. The zero-order valence-corrected chi connectivity index (χ0v) is 12.9. The Kier molecular flexibility index (Phi) is 3.61. The largest absolute Gasteiger partial charge is 0.493 e. The summed E-state index contributed by atoms with van der Waals surface area (Å²) in [7, 11) is 3.08. The van der Waals surface area contributed by atoms with E-state index >= 15 is 0 Å². The van der Waals surface area contributed by atoms with E-state index in [4.69, 9.17) is 19.7 Å². The second-order valence-corrected chi connectivity index (χ2v) is 4.94. The topological polar surface area (TPSA) is 84.2 Å². The van der Waals surface area contributed by atoms with Gasteiger partial charge in [-0.3, -0.25) is 10.2 Å². The third kappa shape index (κ3) is 2.57. The lowest BCUT2D eigenvalue weighted by Crippen LogP contribution is -2.38. The molecule has 3 rings (SSSR count). The van der Waals surface area contributed by atoms with E-state index in [1.807, 2.05) is 0 Å². The van der Waals surface area contributed by atoms with Crippen molar-refractivity contribution in [3.8, 4) is 11.5 Å². The summed E-state index contributed by atoms with van der Waals surface area (Å²) in [5.74, 6) is 1.49. The summed E-state index contributed by atoms with van der Waals surface area (Å²) in [4.78, 5) is 21.5. The van der Waals surface area contributed by atoms with Gasteiger partial charge in [0.1, 0.15) is 5.76 Å². The molecular formula is C16H15N3O4. The molecule has 7 nitrogen and oxygen atoms in total. The van der Waals surface area contributed by atoms with E-state index in [9.17, 15) is 4.79 Å². The number of nitrogens with one attached hydrogen (secondary N) is 1. The number of carbonyl (C=O) groups is 1. The van der Waals surface area contributed by atoms with Gasteiger partial charge in [-0.05, 0) is 30.7 Å². The van der Waals surface area contributed by atoms with Gasteiger partial charge in [0.2, 0.25) is 0 Å². The Balaban J connectivity index is 1.98. The Labute approximate surface area is 132 Å². The van der Waals surface area contributed by atoms with Gasteiger partial charge in [0.25, 0.3) is 5.91 Å². The number of methoxy groups -OCH3 is 2. The molecule has 1 aromatic rings. The van der Waals surface area contributed by atoms with Crippen LogP contribution < -0.4 is 9.47 Å². The lowest BCUT2D eigenvalue weighted by atomic mass is 10.1. The van der Waals surface area contributed by atoms with Crippen LogP contribution in [0.25, 0.3) is 6.08 Å². The fourth-order valence-corrected chi connectivity index (χ4v) is 2.31. The van der Waals surface area contributed by atoms with E-state index in [0.717, 1.165) is 0 Å². The van der Waals surface area contributed by atoms with Crippen LogP contribution in [-0.2, 0) is 9.63 Å². The van der Waals surface area contributed by atoms with Crippen molar-refractivity contribution in [3.05, 3.63) is 41.2 Å². The number of aliphatic imine (C=N–C) groups is 1. The van der Waals surface area contributed by atoms with Crippen molar-refractivity contribution in [1.82, 2.24) is 5.06 Å². The molecule has 0 saturated carbocycles. The zero-order valence-electron chi connectivity index (χ0n) is 12.9. The van der Waals surface area contributed by atoms with Gasteiger partial charge >= 0.3 is 0 Å². The fourth-order valence-electron chi connectivity index (χ4n) is 2.31. The molecule has 118 valence electrons. The Morgan fingerprint density at radius 3 is 2.70 bits per heavy atom. The molecule has 0 saturated heterocycles. The highest BCUT2D eigenvalue weighted by molar-refractivity contribution is 6.32. The van der Waals surface area contributed by atoms with Gasteiger partial charge < -0.3 is 14.3 Å². The molecule has 0 radical (unpaired) electrons. The van der Waals surface area contributed by atoms with Gasteiger partial charge in [0, 0.05) is 6.08 Å². The highest BCUT2D eigenvalue weighted by atomic mass is 16.7. The number of carbonyl (C=O) groups excluding carboxylic acids is 1. The first kappa shape index (κ1) is 14.8. The van der Waals surface area contributed by atoms with E-state index in [1.54, 1.807) is 44.4 Å². The minimum Gasteiger partial charge on any atom is -0.493 e. The van der Waals surface area contributed by atoms with Crippen LogP contribution in [0.5, 0.6) is 11.5 Å². The number of fused-ring (bicyclic) bond motifs is 1. The molecule has 2 heterocycles. The highest BCUT2D eigenvalue weighted by Gasteiger charge is 2.34. The van der Waals surface area contributed by atoms with E-state index in [0.29, 0.717) is 28.7 Å². The summed E-state index contributed by atoms with van der Waals surface area (Å²) in [6, 6.07) is 5.22. The smallest absolute Gasteiger partial charge is 0.282 e. The predicted molar refractivity (Wildman–Crippen MR) is 84.4 cm³/mol. The number of hydroxylamine groups is 2. The first-order valence-corrected chi connectivity index (χ1v) is 6.85. The highest BCUT2D eigenvalue weighted by Crippen LogP contribution is 2.29. The summed E-state index contributed by atoms with van der Waals surface area (Å²) in [5.41, 5.74) is 0.836. The van der Waals surface area contributed by atoms with Crippen molar-refractivity contribution < 1.29 is 19.1 Å². The summed E-state index contributed by atoms with van der Waals surface area (Å²) in [6.45, 7) is 1.73. The number of rotatable bonds is 3. The molecule has 0 spiro atoms. The van der Waals surface area contributed by atoms with Gasteiger partial charge in [-0.25, -0.2) is 0 Å².